The quantitative estimate of drug-likeness (QED) is 0.767. The zero-order valence-electron chi connectivity index (χ0n) is 16.0. The lowest BCUT2D eigenvalue weighted by atomic mass is 10.0. The maximum absolute atomic E-state index is 12.6. The highest BCUT2D eigenvalue weighted by Crippen LogP contribution is 2.19. The summed E-state index contributed by atoms with van der Waals surface area (Å²) in [5.74, 6) is 0.142. The lowest BCUT2D eigenvalue weighted by Crippen LogP contribution is -3.16. The molecule has 3 rings (SSSR count). The van der Waals surface area contributed by atoms with Crippen molar-refractivity contribution in [1.29, 1.82) is 0 Å². The van der Waals surface area contributed by atoms with E-state index >= 15 is 0 Å². The summed E-state index contributed by atoms with van der Waals surface area (Å²) in [6.07, 6.45) is 2.01. The van der Waals surface area contributed by atoms with Crippen LogP contribution in [0.4, 0.5) is 5.69 Å². The van der Waals surface area contributed by atoms with E-state index in [1.165, 1.54) is 10.5 Å². The molecule has 4 nitrogen and oxygen atoms in total. The second-order valence-corrected chi connectivity index (χ2v) is 7.65. The second kappa shape index (κ2) is 9.77. The number of benzene rings is 2. The van der Waals surface area contributed by atoms with Crippen molar-refractivity contribution >= 4 is 23.2 Å². The summed E-state index contributed by atoms with van der Waals surface area (Å²) in [6, 6.07) is 18.4. The van der Waals surface area contributed by atoms with Gasteiger partial charge in [-0.15, -0.1) is 0 Å². The van der Waals surface area contributed by atoms with Crippen molar-refractivity contribution in [2.45, 2.75) is 25.8 Å². The maximum Gasteiger partial charge on any atom is 0.275 e. The van der Waals surface area contributed by atoms with Crippen LogP contribution >= 0.6 is 11.6 Å². The molecule has 0 spiro atoms. The number of rotatable bonds is 7. The van der Waals surface area contributed by atoms with E-state index in [2.05, 4.69) is 35.3 Å². The summed E-state index contributed by atoms with van der Waals surface area (Å²) < 4.78 is 0. The fraction of sp³-hybridized carbons (Fsp3) is 0.409. The number of carbonyl (C=O) groups is 1. The number of anilines is 1. The molecule has 0 unspecified atom stereocenters. The van der Waals surface area contributed by atoms with Gasteiger partial charge in [0, 0.05) is 10.7 Å². The molecule has 0 aliphatic carbocycles. The molecule has 2 aromatic carbocycles. The maximum atomic E-state index is 12.6. The third kappa shape index (κ3) is 5.72. The van der Waals surface area contributed by atoms with Crippen LogP contribution in [0.25, 0.3) is 0 Å². The molecule has 1 aliphatic heterocycles. The largest absolute Gasteiger partial charge is 0.360 e. The molecule has 1 heterocycles. The zero-order valence-corrected chi connectivity index (χ0v) is 16.7. The van der Waals surface area contributed by atoms with Crippen molar-refractivity contribution in [3.8, 4) is 0 Å². The molecule has 27 heavy (non-hydrogen) atoms. The van der Waals surface area contributed by atoms with Gasteiger partial charge < -0.3 is 15.1 Å². The third-order valence-electron chi connectivity index (χ3n) is 5.17. The van der Waals surface area contributed by atoms with Crippen molar-refractivity contribution < 1.29 is 9.69 Å². The van der Waals surface area contributed by atoms with Gasteiger partial charge in [-0.3, -0.25) is 4.79 Å². The van der Waals surface area contributed by atoms with E-state index in [9.17, 15) is 4.79 Å². The molecule has 2 N–H and O–H groups in total. The van der Waals surface area contributed by atoms with Gasteiger partial charge in [-0.05, 0) is 30.2 Å². The number of hydrogen-bond donors (Lipinski definition) is 2. The Balaban J connectivity index is 1.50. The molecule has 1 aliphatic rings. The Bertz CT molecular complexity index is 729. The predicted molar refractivity (Wildman–Crippen MR) is 111 cm³/mol. The highest BCUT2D eigenvalue weighted by Gasteiger charge is 2.23. The minimum absolute atomic E-state index is 0.107. The number of nitrogens with one attached hydrogen (secondary N) is 2. The first-order valence-electron chi connectivity index (χ1n) is 9.84. The molecule has 1 amide bonds. The monoisotopic (exact) mass is 386 g/mol. The molecule has 1 atom stereocenters. The first kappa shape index (κ1) is 19.7. The minimum Gasteiger partial charge on any atom is -0.360 e. The van der Waals surface area contributed by atoms with Gasteiger partial charge in [0.25, 0.3) is 5.91 Å². The van der Waals surface area contributed by atoms with Crippen LogP contribution in [-0.4, -0.2) is 38.6 Å². The van der Waals surface area contributed by atoms with Crippen LogP contribution in [0, 0.1) is 0 Å². The standard InChI is InChI=1S/C22H28ClN3O/c1-2-7-21(18-8-4-3-5-9-18)24-22(27)17-25-12-14-26(15-13-25)20-11-6-10-19(23)16-20/h3-6,8-11,16,21H,2,7,12-15,17H2,1H3,(H,24,27)/p+1/t21-/m0/s1. The number of nitrogens with zero attached hydrogens (tertiary/aromatic N) is 1. The van der Waals surface area contributed by atoms with Crippen molar-refractivity contribution in [1.82, 2.24) is 5.32 Å². The van der Waals surface area contributed by atoms with E-state index < -0.39 is 0 Å². The van der Waals surface area contributed by atoms with Gasteiger partial charge in [-0.2, -0.15) is 0 Å². The molecule has 5 heteroatoms. The number of piperazine rings is 1. The average molecular weight is 387 g/mol. The fourth-order valence-electron chi connectivity index (χ4n) is 3.70. The van der Waals surface area contributed by atoms with E-state index in [1.807, 2.05) is 36.4 Å². The van der Waals surface area contributed by atoms with Crippen LogP contribution in [0.5, 0.6) is 0 Å². The van der Waals surface area contributed by atoms with Crippen molar-refractivity contribution in [3.63, 3.8) is 0 Å². The first-order chi connectivity index (χ1) is 13.2. The van der Waals surface area contributed by atoms with E-state index in [4.69, 9.17) is 11.6 Å². The van der Waals surface area contributed by atoms with E-state index in [0.29, 0.717) is 6.54 Å². The Morgan fingerprint density at radius 1 is 1.15 bits per heavy atom. The molecular formula is C22H29ClN3O+. The van der Waals surface area contributed by atoms with Gasteiger partial charge in [0.1, 0.15) is 0 Å². The number of carbonyl (C=O) groups excluding carboxylic acids is 1. The van der Waals surface area contributed by atoms with Gasteiger partial charge in [0.05, 0.1) is 32.2 Å². The highest BCUT2D eigenvalue weighted by molar-refractivity contribution is 6.30. The third-order valence-corrected chi connectivity index (χ3v) is 5.40. The minimum atomic E-state index is 0.107. The van der Waals surface area contributed by atoms with Crippen LogP contribution in [0.2, 0.25) is 5.02 Å². The molecule has 0 radical (unpaired) electrons. The Morgan fingerprint density at radius 2 is 1.89 bits per heavy atom. The highest BCUT2D eigenvalue weighted by atomic mass is 35.5. The van der Waals surface area contributed by atoms with Crippen LogP contribution in [0.3, 0.4) is 0 Å². The Hall–Kier alpha value is -2.04. The van der Waals surface area contributed by atoms with Gasteiger partial charge >= 0.3 is 0 Å². The fourth-order valence-corrected chi connectivity index (χ4v) is 3.88. The lowest BCUT2D eigenvalue weighted by Gasteiger charge is -2.33. The van der Waals surface area contributed by atoms with Crippen molar-refractivity contribution in [3.05, 3.63) is 65.2 Å². The summed E-state index contributed by atoms with van der Waals surface area (Å²) in [4.78, 5) is 16.3. The molecule has 0 saturated carbocycles. The number of hydrogen-bond acceptors (Lipinski definition) is 2. The van der Waals surface area contributed by atoms with Gasteiger partial charge in [0.2, 0.25) is 0 Å². The van der Waals surface area contributed by atoms with Crippen LogP contribution in [0.1, 0.15) is 31.4 Å². The summed E-state index contributed by atoms with van der Waals surface area (Å²) in [6.45, 7) is 6.51. The summed E-state index contributed by atoms with van der Waals surface area (Å²) in [5, 5.41) is 4.01. The average Bonchev–Trinajstić information content (AvgIpc) is 2.69. The van der Waals surface area contributed by atoms with E-state index in [1.54, 1.807) is 0 Å². The first-order valence-corrected chi connectivity index (χ1v) is 10.2. The molecule has 1 fully saturated rings. The molecule has 2 aromatic rings. The van der Waals surface area contributed by atoms with Crippen LogP contribution in [0.15, 0.2) is 54.6 Å². The second-order valence-electron chi connectivity index (χ2n) is 7.21. The Labute approximate surface area is 167 Å². The predicted octanol–water partition coefficient (Wildman–Crippen LogP) is 2.70. The smallest absolute Gasteiger partial charge is 0.275 e. The van der Waals surface area contributed by atoms with Gasteiger partial charge in [-0.1, -0.05) is 61.3 Å². The SMILES string of the molecule is CCC[C@H](NC(=O)C[NH+]1CCN(c2cccc(Cl)c2)CC1)c1ccccc1. The summed E-state index contributed by atoms with van der Waals surface area (Å²) in [5.41, 5.74) is 2.35. The van der Waals surface area contributed by atoms with Crippen molar-refractivity contribution in [2.75, 3.05) is 37.6 Å². The lowest BCUT2D eigenvalue weighted by molar-refractivity contribution is -0.892. The Kier molecular flexibility index (Phi) is 7.13. The molecule has 144 valence electrons. The van der Waals surface area contributed by atoms with E-state index in [-0.39, 0.29) is 11.9 Å². The number of quaternary nitrogens is 1. The molecule has 1 saturated heterocycles. The van der Waals surface area contributed by atoms with Crippen LogP contribution < -0.4 is 15.1 Å². The van der Waals surface area contributed by atoms with Gasteiger partial charge in [-0.25, -0.2) is 0 Å². The van der Waals surface area contributed by atoms with Crippen molar-refractivity contribution in [2.24, 2.45) is 0 Å². The zero-order chi connectivity index (χ0) is 19.1. The number of amides is 1. The molecule has 0 aromatic heterocycles. The van der Waals surface area contributed by atoms with E-state index in [0.717, 1.165) is 49.7 Å². The van der Waals surface area contributed by atoms with Crippen LogP contribution in [-0.2, 0) is 4.79 Å². The Morgan fingerprint density at radius 3 is 2.56 bits per heavy atom. The van der Waals surface area contributed by atoms with Gasteiger partial charge in [0.15, 0.2) is 6.54 Å². The molecule has 0 bridgehead atoms. The normalized spacial score (nSPS) is 16.1. The topological polar surface area (TPSA) is 36.8 Å². The summed E-state index contributed by atoms with van der Waals surface area (Å²) >= 11 is 6.10. The molecular weight excluding hydrogens is 358 g/mol. The number of halogens is 1. The summed E-state index contributed by atoms with van der Waals surface area (Å²) in [7, 11) is 0.